The summed E-state index contributed by atoms with van der Waals surface area (Å²) in [7, 11) is -0.456. The molecule has 0 spiro atoms. The molecule has 3 rings (SSSR count). The van der Waals surface area contributed by atoms with Crippen molar-refractivity contribution in [2.75, 3.05) is 50.5 Å². The van der Waals surface area contributed by atoms with Gasteiger partial charge in [0.25, 0.3) is 0 Å². The Morgan fingerprint density at radius 1 is 1.07 bits per heavy atom. The zero-order valence-electron chi connectivity index (χ0n) is 15.8. The van der Waals surface area contributed by atoms with E-state index in [1.807, 2.05) is 24.3 Å². The minimum Gasteiger partial charge on any atom is -0.368 e. The van der Waals surface area contributed by atoms with Crippen molar-refractivity contribution in [2.24, 2.45) is 0 Å². The number of nitrogens with zero attached hydrogens (tertiary/aromatic N) is 3. The molecular weight excluding hydrogens is 416 g/mol. The van der Waals surface area contributed by atoms with Gasteiger partial charge < -0.3 is 15.1 Å². The van der Waals surface area contributed by atoms with E-state index in [2.05, 4.69) is 21.2 Å². The maximum atomic E-state index is 12.3. The van der Waals surface area contributed by atoms with Crippen LogP contribution in [0.2, 0.25) is 5.02 Å². The molecule has 1 aliphatic rings. The average Bonchev–Trinajstić information content (AvgIpc) is 2.68. The zero-order chi connectivity index (χ0) is 20.3. The lowest BCUT2D eigenvalue weighted by Crippen LogP contribution is -2.50. The van der Waals surface area contributed by atoms with Gasteiger partial charge in [-0.15, -0.1) is 0 Å². The van der Waals surface area contributed by atoms with Crippen LogP contribution >= 0.6 is 23.8 Å². The highest BCUT2D eigenvalue weighted by atomic mass is 35.5. The first-order chi connectivity index (χ1) is 13.3. The first-order valence-electron chi connectivity index (χ1n) is 8.86. The summed E-state index contributed by atoms with van der Waals surface area (Å²) >= 11 is 11.6. The van der Waals surface area contributed by atoms with E-state index in [9.17, 15) is 8.42 Å². The molecule has 0 amide bonds. The Hall–Kier alpha value is -1.87. The van der Waals surface area contributed by atoms with Gasteiger partial charge >= 0.3 is 0 Å². The second kappa shape index (κ2) is 8.65. The highest BCUT2D eigenvalue weighted by Crippen LogP contribution is 2.22. The van der Waals surface area contributed by atoms with E-state index in [4.69, 9.17) is 23.8 Å². The lowest BCUT2D eigenvalue weighted by Gasteiger charge is -2.37. The van der Waals surface area contributed by atoms with Gasteiger partial charge in [-0.1, -0.05) is 23.7 Å². The SMILES string of the molecule is CN(C)S(=O)(=O)c1cccc(NC(=S)N2CCN(c3cccc(Cl)c3)CC2)c1. The van der Waals surface area contributed by atoms with Crippen LogP contribution in [0.3, 0.4) is 0 Å². The number of halogens is 1. The van der Waals surface area contributed by atoms with Crippen LogP contribution in [0.15, 0.2) is 53.4 Å². The van der Waals surface area contributed by atoms with Crippen LogP contribution in [-0.4, -0.2) is 63.0 Å². The van der Waals surface area contributed by atoms with E-state index in [0.717, 1.165) is 36.9 Å². The Morgan fingerprint density at radius 3 is 2.39 bits per heavy atom. The van der Waals surface area contributed by atoms with E-state index < -0.39 is 10.0 Å². The molecule has 0 unspecified atom stereocenters. The molecule has 1 heterocycles. The summed E-state index contributed by atoms with van der Waals surface area (Å²) in [5.41, 5.74) is 1.76. The number of hydrogen-bond acceptors (Lipinski definition) is 4. The molecule has 28 heavy (non-hydrogen) atoms. The zero-order valence-corrected chi connectivity index (χ0v) is 18.2. The number of benzene rings is 2. The van der Waals surface area contributed by atoms with Crippen LogP contribution in [0.5, 0.6) is 0 Å². The third-order valence-corrected chi connectivity index (χ3v) is 7.01. The maximum absolute atomic E-state index is 12.3. The molecule has 0 bridgehead atoms. The molecule has 150 valence electrons. The smallest absolute Gasteiger partial charge is 0.242 e. The highest BCUT2D eigenvalue weighted by molar-refractivity contribution is 7.89. The standard InChI is InChI=1S/C19H23ClN4O2S2/c1-22(2)28(25,26)18-8-4-6-16(14-18)21-19(27)24-11-9-23(10-12-24)17-7-3-5-15(20)13-17/h3-8,13-14H,9-12H2,1-2H3,(H,21,27). The van der Waals surface area contributed by atoms with Crippen LogP contribution in [0.1, 0.15) is 0 Å². The van der Waals surface area contributed by atoms with Crippen molar-refractivity contribution in [3.8, 4) is 0 Å². The van der Waals surface area contributed by atoms with Crippen LogP contribution in [-0.2, 0) is 10.0 Å². The normalized spacial score (nSPS) is 15.0. The molecule has 9 heteroatoms. The van der Waals surface area contributed by atoms with Crippen molar-refractivity contribution in [1.82, 2.24) is 9.21 Å². The predicted octanol–water partition coefficient (Wildman–Crippen LogP) is 3.11. The quantitative estimate of drug-likeness (QED) is 0.740. The van der Waals surface area contributed by atoms with Crippen molar-refractivity contribution in [3.63, 3.8) is 0 Å². The van der Waals surface area contributed by atoms with Gasteiger partial charge in [0.05, 0.1) is 4.90 Å². The van der Waals surface area contributed by atoms with Crippen molar-refractivity contribution < 1.29 is 8.42 Å². The number of hydrogen-bond donors (Lipinski definition) is 1. The number of piperazine rings is 1. The van der Waals surface area contributed by atoms with Crippen LogP contribution in [0.4, 0.5) is 11.4 Å². The fourth-order valence-electron chi connectivity index (χ4n) is 2.99. The monoisotopic (exact) mass is 438 g/mol. The number of anilines is 2. The molecule has 6 nitrogen and oxygen atoms in total. The molecule has 0 atom stereocenters. The van der Waals surface area contributed by atoms with E-state index in [1.54, 1.807) is 18.2 Å². The fourth-order valence-corrected chi connectivity index (χ4v) is 4.42. The summed E-state index contributed by atoms with van der Waals surface area (Å²) in [6.07, 6.45) is 0. The molecule has 1 fully saturated rings. The highest BCUT2D eigenvalue weighted by Gasteiger charge is 2.21. The molecule has 2 aromatic carbocycles. The summed E-state index contributed by atoms with van der Waals surface area (Å²) in [6, 6.07) is 14.5. The van der Waals surface area contributed by atoms with Gasteiger partial charge in [0, 0.05) is 56.7 Å². The summed E-state index contributed by atoms with van der Waals surface area (Å²) in [5.74, 6) is 0. The molecule has 0 aliphatic carbocycles. The molecule has 1 N–H and O–H groups in total. The molecule has 2 aromatic rings. The lowest BCUT2D eigenvalue weighted by molar-refractivity contribution is 0.391. The Labute approximate surface area is 176 Å². The third-order valence-electron chi connectivity index (χ3n) is 4.60. The predicted molar refractivity (Wildman–Crippen MR) is 119 cm³/mol. The van der Waals surface area contributed by atoms with Crippen LogP contribution < -0.4 is 10.2 Å². The third kappa shape index (κ3) is 4.75. The summed E-state index contributed by atoms with van der Waals surface area (Å²) in [5, 5.41) is 4.48. The van der Waals surface area contributed by atoms with Crippen molar-refractivity contribution in [2.45, 2.75) is 4.90 Å². The lowest BCUT2D eigenvalue weighted by atomic mass is 10.2. The van der Waals surface area contributed by atoms with E-state index >= 15 is 0 Å². The minimum absolute atomic E-state index is 0.232. The number of thiocarbonyl (C=S) groups is 1. The van der Waals surface area contributed by atoms with Gasteiger partial charge in [-0.2, -0.15) is 0 Å². The molecule has 0 radical (unpaired) electrons. The molecule has 1 saturated heterocycles. The Bertz CT molecular complexity index is 958. The first-order valence-corrected chi connectivity index (χ1v) is 11.1. The molecule has 0 aromatic heterocycles. The second-order valence-electron chi connectivity index (χ2n) is 6.70. The van der Waals surface area contributed by atoms with E-state index in [1.165, 1.54) is 18.4 Å². The van der Waals surface area contributed by atoms with Crippen molar-refractivity contribution in [3.05, 3.63) is 53.6 Å². The van der Waals surface area contributed by atoms with Gasteiger partial charge in [0.1, 0.15) is 0 Å². The Balaban J connectivity index is 1.62. The largest absolute Gasteiger partial charge is 0.368 e. The number of rotatable bonds is 4. The average molecular weight is 439 g/mol. The molecule has 1 aliphatic heterocycles. The topological polar surface area (TPSA) is 55.9 Å². The van der Waals surface area contributed by atoms with Crippen LogP contribution in [0.25, 0.3) is 0 Å². The number of sulfonamides is 1. The van der Waals surface area contributed by atoms with Crippen LogP contribution in [0, 0.1) is 0 Å². The van der Waals surface area contributed by atoms with Crippen molar-refractivity contribution in [1.29, 1.82) is 0 Å². The van der Waals surface area contributed by atoms with E-state index in [-0.39, 0.29) is 4.90 Å². The maximum Gasteiger partial charge on any atom is 0.242 e. The molecular formula is C19H23ClN4O2S2. The summed E-state index contributed by atoms with van der Waals surface area (Å²) in [6.45, 7) is 3.20. The Morgan fingerprint density at radius 2 is 1.75 bits per heavy atom. The van der Waals surface area contributed by atoms with Gasteiger partial charge in [-0.25, -0.2) is 12.7 Å². The summed E-state index contributed by atoms with van der Waals surface area (Å²) in [4.78, 5) is 4.59. The first kappa shape index (κ1) is 20.9. The van der Waals surface area contributed by atoms with Crippen molar-refractivity contribution >= 4 is 50.3 Å². The fraction of sp³-hybridized carbons (Fsp3) is 0.316. The number of nitrogens with one attached hydrogen (secondary N) is 1. The minimum atomic E-state index is -3.48. The van der Waals surface area contributed by atoms with Gasteiger partial charge in [-0.3, -0.25) is 0 Å². The van der Waals surface area contributed by atoms with Gasteiger partial charge in [0.15, 0.2) is 5.11 Å². The van der Waals surface area contributed by atoms with Gasteiger partial charge in [0.2, 0.25) is 10.0 Å². The summed E-state index contributed by atoms with van der Waals surface area (Å²) < 4.78 is 25.8. The van der Waals surface area contributed by atoms with E-state index in [0.29, 0.717) is 10.8 Å². The van der Waals surface area contributed by atoms with Gasteiger partial charge in [-0.05, 0) is 48.6 Å². The Kier molecular flexibility index (Phi) is 6.44. The second-order valence-corrected chi connectivity index (χ2v) is 9.67. The molecule has 0 saturated carbocycles.